The van der Waals surface area contributed by atoms with Gasteiger partial charge in [-0.1, -0.05) is 5.11 Å². The number of rotatable bonds is 34. The monoisotopic (exact) mass is 1130 g/mol. The van der Waals surface area contributed by atoms with Gasteiger partial charge in [0.2, 0.25) is 47.3 Å². The van der Waals surface area contributed by atoms with E-state index in [0.29, 0.717) is 11.4 Å². The number of aromatic nitrogens is 4. The third-order valence-corrected chi connectivity index (χ3v) is 10.8. The number of nitrogens with two attached hydrogens (primary N) is 1. The second-order valence-corrected chi connectivity index (χ2v) is 17.1. The van der Waals surface area contributed by atoms with E-state index in [9.17, 15) is 98.1 Å². The maximum Gasteiger partial charge on any atom is 0.326 e. The first-order valence-electron chi connectivity index (χ1n) is 23.4. The molecule has 0 spiro atoms. The van der Waals surface area contributed by atoms with Crippen LogP contribution in [-0.2, 0) is 64.1 Å². The standard InChI is InChI=1S/C44H54N16O20/c1-18(50-36(72)19-5-7-20(8-6-19)47-16-21-17-48-35-34(51-21)42(78)59-44(45)58-35)4-9-28(61)52-23(11-29(62)63)37(73)54-25(13-31(66)67)39(75)56-27(15-33(70)71)41(77)57-26(14-32(68)69)40(76)55-24(12-30(64)65)38(74)53-22(43(79)80)3-2-10-49-60-46/h5-8,17-18,22-27,47H,2-4,9-16H2,1H3,(H,50,72)(H,52,61)(H,53,74)(H,54,73)(H,55,76)(H,56,75)(H,57,77)(H,62,63)(H,64,65)(H,66,67)(H,68,69)(H,70,71)(H,79,80)(H3,45,48,58,59,78)/t18-,22+,23-,24-,25-,26-,27-/m1/s1. The number of carbonyl (C=O) groups is 13. The van der Waals surface area contributed by atoms with Crippen molar-refractivity contribution in [2.75, 3.05) is 17.6 Å². The van der Waals surface area contributed by atoms with Crippen molar-refractivity contribution >= 4 is 100.0 Å². The Bertz CT molecular complexity index is 2900. The molecule has 0 saturated heterocycles. The number of aliphatic carboxylic acids is 6. The third kappa shape index (κ3) is 22.0. The van der Waals surface area contributed by atoms with E-state index in [0.717, 1.165) is 0 Å². The number of azide groups is 1. The van der Waals surface area contributed by atoms with Crippen LogP contribution in [0.15, 0.2) is 35.6 Å². The first-order valence-corrected chi connectivity index (χ1v) is 23.4. The van der Waals surface area contributed by atoms with E-state index in [4.69, 9.17) is 11.3 Å². The average molecular weight is 1130 g/mol. The first kappa shape index (κ1) is 63.8. The predicted molar refractivity (Wildman–Crippen MR) is 265 cm³/mol. The molecule has 36 nitrogen and oxygen atoms in total. The van der Waals surface area contributed by atoms with Crippen LogP contribution in [0, 0.1) is 0 Å². The van der Waals surface area contributed by atoms with Crippen molar-refractivity contribution in [2.24, 2.45) is 5.11 Å². The van der Waals surface area contributed by atoms with Gasteiger partial charge in [0.05, 0.1) is 50.5 Å². The second-order valence-electron chi connectivity index (χ2n) is 17.1. The molecule has 7 atom stereocenters. The second kappa shape index (κ2) is 30.9. The molecule has 2 aromatic heterocycles. The largest absolute Gasteiger partial charge is 0.492 e. The van der Waals surface area contributed by atoms with Crippen LogP contribution in [0.1, 0.15) is 80.8 Å². The number of amides is 7. The van der Waals surface area contributed by atoms with Crippen molar-refractivity contribution < 1.29 is 98.1 Å². The predicted octanol–water partition coefficient (Wildman–Crippen LogP) is -3.32. The minimum Gasteiger partial charge on any atom is -0.492 e. The summed E-state index contributed by atoms with van der Waals surface area (Å²) in [5.41, 5.74) is 15.2. The molecule has 3 rings (SSSR count). The minimum absolute atomic E-state index is 0.0343. The van der Waals surface area contributed by atoms with Crippen molar-refractivity contribution in [1.82, 2.24) is 57.2 Å². The normalized spacial score (nSPS) is 13.3. The van der Waals surface area contributed by atoms with E-state index in [2.05, 4.69) is 45.9 Å². The summed E-state index contributed by atoms with van der Waals surface area (Å²) < 4.78 is 0. The number of aromatic hydroxyl groups is 1. The molecule has 0 aliphatic carbocycles. The van der Waals surface area contributed by atoms with Crippen LogP contribution in [0.3, 0.4) is 0 Å². The van der Waals surface area contributed by atoms with Crippen LogP contribution in [0.4, 0.5) is 11.6 Å². The molecule has 2 heterocycles. The number of fused-ring (bicyclic) bond motifs is 1. The number of anilines is 2. The van der Waals surface area contributed by atoms with Crippen LogP contribution >= 0.6 is 0 Å². The number of nitrogens with zero attached hydrogens (tertiary/aromatic N) is 7. The van der Waals surface area contributed by atoms with Gasteiger partial charge < -0.3 is 84.0 Å². The van der Waals surface area contributed by atoms with Gasteiger partial charge in [-0.3, -0.25) is 57.5 Å². The zero-order chi connectivity index (χ0) is 59.8. The number of nitrogen functional groups attached to an aromatic ring is 1. The highest BCUT2D eigenvalue weighted by atomic mass is 16.4. The van der Waals surface area contributed by atoms with Gasteiger partial charge in [-0.2, -0.15) is 9.97 Å². The van der Waals surface area contributed by atoms with Gasteiger partial charge in [-0.15, -0.1) is 0 Å². The maximum absolute atomic E-state index is 13.5. The van der Waals surface area contributed by atoms with Gasteiger partial charge in [0.1, 0.15) is 36.3 Å². The minimum atomic E-state index is -2.33. The lowest BCUT2D eigenvalue weighted by Gasteiger charge is -2.26. The molecule has 0 fully saturated rings. The van der Waals surface area contributed by atoms with E-state index in [1.54, 1.807) is 12.1 Å². The summed E-state index contributed by atoms with van der Waals surface area (Å²) in [6.07, 6.45) is -5.98. The SMILES string of the molecule is C[C@H](CCC(=O)N[C@H](CC(=O)O)C(=O)N[C@H](CC(=O)O)C(=O)N[C@H](CC(=O)O)C(=O)N[C@H](CC(=O)O)C(=O)N[C@H](CC(=O)O)C(=O)N[C@@H](CCCN=[N+]=[N-])C(=O)O)NC(=O)c1ccc(NCc2cnc3nc(N)nc(O)c3n2)cc1. The van der Waals surface area contributed by atoms with Gasteiger partial charge in [-0.05, 0) is 56.0 Å². The molecule has 36 heteroatoms. The van der Waals surface area contributed by atoms with Crippen LogP contribution in [-0.4, -0.2) is 182 Å². The van der Waals surface area contributed by atoms with Crippen LogP contribution in [0.5, 0.6) is 5.88 Å². The number of hydrogen-bond acceptors (Lipinski definition) is 21. The summed E-state index contributed by atoms with van der Waals surface area (Å²) in [5, 5.41) is 87.6. The number of carboxylic acids is 6. The molecule has 1 aromatic carbocycles. The number of benzene rings is 1. The molecule has 0 saturated carbocycles. The Kier molecular flexibility index (Phi) is 24.6. The topological polar surface area (TPSA) is 586 Å². The number of carbonyl (C=O) groups excluding carboxylic acids is 7. The van der Waals surface area contributed by atoms with Crippen LogP contribution in [0.25, 0.3) is 21.6 Å². The summed E-state index contributed by atoms with van der Waals surface area (Å²) in [4.78, 5) is 182. The molecule has 0 aliphatic rings. The lowest BCUT2D eigenvalue weighted by molar-refractivity contribution is -0.145. The Morgan fingerprint density at radius 3 is 1.46 bits per heavy atom. The maximum atomic E-state index is 13.5. The average Bonchev–Trinajstić information content (AvgIpc) is 3.36. The van der Waals surface area contributed by atoms with Gasteiger partial charge >= 0.3 is 35.8 Å². The van der Waals surface area contributed by atoms with Gasteiger partial charge in [0.25, 0.3) is 5.91 Å². The summed E-state index contributed by atoms with van der Waals surface area (Å²) in [6, 6.07) is -7.33. The van der Waals surface area contributed by atoms with Crippen molar-refractivity contribution in [3.63, 3.8) is 0 Å². The third-order valence-electron chi connectivity index (χ3n) is 10.8. The fourth-order valence-electron chi connectivity index (χ4n) is 6.91. The molecule has 80 heavy (non-hydrogen) atoms. The van der Waals surface area contributed by atoms with E-state index in [1.165, 1.54) is 25.3 Å². The quantitative estimate of drug-likeness (QED) is 0.0120. The van der Waals surface area contributed by atoms with Crippen molar-refractivity contribution in [2.45, 2.75) is 114 Å². The van der Waals surface area contributed by atoms with E-state index in [-0.39, 0.29) is 55.0 Å². The smallest absolute Gasteiger partial charge is 0.326 e. The number of hydrogen-bond donors (Lipinski definition) is 16. The molecule has 430 valence electrons. The molecule has 0 aliphatic heterocycles. The summed E-state index contributed by atoms with van der Waals surface area (Å²) in [7, 11) is 0. The molecular weight excluding hydrogens is 1070 g/mol. The first-order chi connectivity index (χ1) is 37.6. The van der Waals surface area contributed by atoms with Crippen molar-refractivity contribution in [3.8, 4) is 5.88 Å². The highest BCUT2D eigenvalue weighted by molar-refractivity contribution is 6.00. The fraction of sp³-hybridized carbons (Fsp3) is 0.432. The molecule has 0 bridgehead atoms. The van der Waals surface area contributed by atoms with Gasteiger partial charge in [-0.25, -0.2) is 14.8 Å². The molecule has 0 radical (unpaired) electrons. The molecule has 0 unspecified atom stereocenters. The zero-order valence-electron chi connectivity index (χ0n) is 41.9. The molecule has 3 aromatic rings. The Balaban J connectivity index is 1.66. The lowest BCUT2D eigenvalue weighted by Crippen LogP contribution is -2.60. The zero-order valence-corrected chi connectivity index (χ0v) is 41.9. The van der Waals surface area contributed by atoms with Gasteiger partial charge in [0, 0.05) is 35.2 Å². The van der Waals surface area contributed by atoms with E-state index >= 15 is 0 Å². The molecular formula is C44H54N16O20. The van der Waals surface area contributed by atoms with Gasteiger partial charge in [0.15, 0.2) is 11.2 Å². The van der Waals surface area contributed by atoms with E-state index < -0.39 is 164 Å². The van der Waals surface area contributed by atoms with Crippen molar-refractivity contribution in [3.05, 3.63) is 52.2 Å². The highest BCUT2D eigenvalue weighted by Crippen LogP contribution is 2.19. The van der Waals surface area contributed by atoms with Crippen molar-refractivity contribution in [1.29, 1.82) is 0 Å². The van der Waals surface area contributed by atoms with E-state index in [1.807, 2.05) is 26.6 Å². The van der Waals surface area contributed by atoms with Crippen LogP contribution in [0.2, 0.25) is 0 Å². The Hall–Kier alpha value is -10.5. The highest BCUT2D eigenvalue weighted by Gasteiger charge is 2.36. The lowest BCUT2D eigenvalue weighted by atomic mass is 10.1. The summed E-state index contributed by atoms with van der Waals surface area (Å²) in [6.45, 7) is 1.47. The number of carboxylic acid groups (broad SMARTS) is 6. The number of nitrogens with one attached hydrogen (secondary N) is 8. The molecule has 7 amide bonds. The summed E-state index contributed by atoms with van der Waals surface area (Å²) >= 11 is 0. The Labute approximate surface area is 448 Å². The molecule has 17 N–H and O–H groups in total. The Morgan fingerprint density at radius 1 is 0.600 bits per heavy atom. The Morgan fingerprint density at radius 2 is 1.04 bits per heavy atom. The van der Waals surface area contributed by atoms with Crippen LogP contribution < -0.4 is 48.3 Å². The fourth-order valence-corrected chi connectivity index (χ4v) is 6.91. The summed E-state index contributed by atoms with van der Waals surface area (Å²) in [5.74, 6) is -20.4.